The first-order valence-corrected chi connectivity index (χ1v) is 8.82. The van der Waals surface area contributed by atoms with E-state index in [-0.39, 0.29) is 11.5 Å². The summed E-state index contributed by atoms with van der Waals surface area (Å²) in [7, 11) is 0. The van der Waals surface area contributed by atoms with Gasteiger partial charge in [0.2, 0.25) is 5.76 Å². The molecule has 138 valence electrons. The first-order valence-electron chi connectivity index (χ1n) is 8.82. The highest BCUT2D eigenvalue weighted by Crippen LogP contribution is 2.22. The lowest BCUT2D eigenvalue weighted by Gasteiger charge is -2.07. The number of carbonyl (C=O) groups excluding carboxylic acids is 2. The van der Waals surface area contributed by atoms with Gasteiger partial charge in [-0.05, 0) is 54.8 Å². The maximum absolute atomic E-state index is 12.3. The second-order valence-corrected chi connectivity index (χ2v) is 6.03. The number of ether oxygens (including phenoxy) is 2. The Morgan fingerprint density at radius 1 is 0.889 bits per heavy atom. The van der Waals surface area contributed by atoms with Crippen molar-refractivity contribution in [2.24, 2.45) is 0 Å². The van der Waals surface area contributed by atoms with Gasteiger partial charge in [0.15, 0.2) is 0 Å². The van der Waals surface area contributed by atoms with E-state index in [1.54, 1.807) is 36.4 Å². The van der Waals surface area contributed by atoms with Crippen molar-refractivity contribution in [3.8, 4) is 11.5 Å². The van der Waals surface area contributed by atoms with E-state index >= 15 is 0 Å². The SMILES string of the molecule is CCCCc1ccc(C(=O)Oc2cccc(OC(=O)c3ccco3)c2)cc1. The van der Waals surface area contributed by atoms with E-state index in [1.807, 2.05) is 12.1 Å². The van der Waals surface area contributed by atoms with E-state index in [9.17, 15) is 9.59 Å². The molecule has 0 unspecified atom stereocenters. The fraction of sp³-hybridized carbons (Fsp3) is 0.182. The molecule has 0 saturated carbocycles. The Morgan fingerprint density at radius 2 is 1.59 bits per heavy atom. The van der Waals surface area contributed by atoms with Gasteiger partial charge in [-0.1, -0.05) is 31.5 Å². The van der Waals surface area contributed by atoms with Crippen molar-refractivity contribution >= 4 is 11.9 Å². The van der Waals surface area contributed by atoms with Crippen LogP contribution >= 0.6 is 0 Å². The van der Waals surface area contributed by atoms with Gasteiger partial charge >= 0.3 is 11.9 Å². The smallest absolute Gasteiger partial charge is 0.379 e. The van der Waals surface area contributed by atoms with Crippen LogP contribution < -0.4 is 9.47 Å². The highest BCUT2D eigenvalue weighted by Gasteiger charge is 2.13. The van der Waals surface area contributed by atoms with Crippen LogP contribution in [0.2, 0.25) is 0 Å². The van der Waals surface area contributed by atoms with Crippen LogP contribution in [0.5, 0.6) is 11.5 Å². The molecule has 0 aliphatic carbocycles. The molecule has 0 radical (unpaired) electrons. The zero-order valence-corrected chi connectivity index (χ0v) is 15.0. The molecule has 3 aromatic rings. The fourth-order valence-electron chi connectivity index (χ4n) is 2.51. The van der Waals surface area contributed by atoms with E-state index in [2.05, 4.69) is 6.92 Å². The molecule has 0 aliphatic rings. The molecule has 0 fully saturated rings. The van der Waals surface area contributed by atoms with Crippen molar-refractivity contribution in [3.05, 3.63) is 83.8 Å². The second kappa shape index (κ2) is 8.85. The van der Waals surface area contributed by atoms with Gasteiger partial charge in [-0.15, -0.1) is 0 Å². The van der Waals surface area contributed by atoms with E-state index in [0.29, 0.717) is 11.3 Å². The van der Waals surface area contributed by atoms with E-state index in [4.69, 9.17) is 13.9 Å². The number of unbranched alkanes of at least 4 members (excludes halogenated alkanes) is 1. The van der Waals surface area contributed by atoms with Gasteiger partial charge in [-0.2, -0.15) is 0 Å². The molecule has 5 nitrogen and oxygen atoms in total. The second-order valence-electron chi connectivity index (χ2n) is 6.03. The summed E-state index contributed by atoms with van der Waals surface area (Å²) in [6, 6.07) is 16.8. The molecule has 0 atom stereocenters. The average Bonchev–Trinajstić information content (AvgIpc) is 3.22. The van der Waals surface area contributed by atoms with Gasteiger partial charge < -0.3 is 13.9 Å². The number of benzene rings is 2. The Balaban J connectivity index is 1.63. The summed E-state index contributed by atoms with van der Waals surface area (Å²) in [5.74, 6) is -0.435. The van der Waals surface area contributed by atoms with Crippen LogP contribution in [0, 0.1) is 0 Å². The third-order valence-corrected chi connectivity index (χ3v) is 3.96. The number of esters is 2. The summed E-state index contributed by atoms with van der Waals surface area (Å²) in [5.41, 5.74) is 1.66. The van der Waals surface area contributed by atoms with Crippen molar-refractivity contribution in [2.45, 2.75) is 26.2 Å². The third-order valence-electron chi connectivity index (χ3n) is 3.96. The highest BCUT2D eigenvalue weighted by atomic mass is 16.6. The lowest BCUT2D eigenvalue weighted by atomic mass is 10.1. The summed E-state index contributed by atoms with van der Waals surface area (Å²) in [6.07, 6.45) is 4.63. The molecule has 1 heterocycles. The Hall–Kier alpha value is -3.34. The maximum Gasteiger partial charge on any atom is 0.379 e. The lowest BCUT2D eigenvalue weighted by Crippen LogP contribution is -2.10. The van der Waals surface area contributed by atoms with Crippen molar-refractivity contribution < 1.29 is 23.5 Å². The minimum Gasteiger partial charge on any atom is -0.457 e. The van der Waals surface area contributed by atoms with Crippen LogP contribution in [-0.4, -0.2) is 11.9 Å². The molecule has 0 N–H and O–H groups in total. The quantitative estimate of drug-likeness (QED) is 0.433. The molecule has 0 bridgehead atoms. The minimum absolute atomic E-state index is 0.0977. The van der Waals surface area contributed by atoms with Crippen molar-refractivity contribution in [3.63, 3.8) is 0 Å². The topological polar surface area (TPSA) is 65.7 Å². The van der Waals surface area contributed by atoms with Crippen LogP contribution in [0.25, 0.3) is 0 Å². The molecule has 5 heteroatoms. The van der Waals surface area contributed by atoms with E-state index in [1.165, 1.54) is 24.0 Å². The predicted molar refractivity (Wildman–Crippen MR) is 100 cm³/mol. The van der Waals surface area contributed by atoms with Gasteiger partial charge in [0, 0.05) is 6.07 Å². The van der Waals surface area contributed by atoms with E-state index < -0.39 is 11.9 Å². The van der Waals surface area contributed by atoms with Crippen LogP contribution in [0.4, 0.5) is 0 Å². The number of carbonyl (C=O) groups is 2. The fourth-order valence-corrected chi connectivity index (χ4v) is 2.51. The zero-order valence-electron chi connectivity index (χ0n) is 15.0. The maximum atomic E-state index is 12.3. The van der Waals surface area contributed by atoms with Crippen molar-refractivity contribution in [1.82, 2.24) is 0 Å². The molecule has 0 saturated heterocycles. The molecule has 1 aromatic heterocycles. The number of furan rings is 1. The van der Waals surface area contributed by atoms with Crippen LogP contribution in [0.15, 0.2) is 71.3 Å². The van der Waals surface area contributed by atoms with Gasteiger partial charge in [0.1, 0.15) is 11.5 Å². The molecular formula is C22H20O5. The number of hydrogen-bond donors (Lipinski definition) is 0. The summed E-state index contributed by atoms with van der Waals surface area (Å²) in [6.45, 7) is 2.14. The van der Waals surface area contributed by atoms with Gasteiger partial charge in [0.25, 0.3) is 0 Å². The van der Waals surface area contributed by atoms with Crippen molar-refractivity contribution in [2.75, 3.05) is 0 Å². The molecule has 0 amide bonds. The number of aryl methyl sites for hydroxylation is 1. The molecule has 27 heavy (non-hydrogen) atoms. The number of hydrogen-bond acceptors (Lipinski definition) is 5. The number of rotatable bonds is 7. The molecule has 3 rings (SSSR count). The summed E-state index contributed by atoms with van der Waals surface area (Å²) in [4.78, 5) is 24.2. The highest BCUT2D eigenvalue weighted by molar-refractivity contribution is 5.91. The molecule has 0 spiro atoms. The van der Waals surface area contributed by atoms with Crippen molar-refractivity contribution in [1.29, 1.82) is 0 Å². The Bertz CT molecular complexity index is 895. The first-order chi connectivity index (χ1) is 13.2. The summed E-state index contributed by atoms with van der Waals surface area (Å²) >= 11 is 0. The average molecular weight is 364 g/mol. The van der Waals surface area contributed by atoms with Gasteiger partial charge in [-0.25, -0.2) is 9.59 Å². The normalized spacial score (nSPS) is 10.4. The standard InChI is InChI=1S/C22H20O5/c1-2-3-6-16-10-12-17(13-11-16)21(23)26-18-7-4-8-19(15-18)27-22(24)20-9-5-14-25-20/h4-5,7-15H,2-3,6H2,1H3. The zero-order chi connectivity index (χ0) is 19.1. The monoisotopic (exact) mass is 364 g/mol. The van der Waals surface area contributed by atoms with Crippen LogP contribution in [-0.2, 0) is 6.42 Å². The van der Waals surface area contributed by atoms with Crippen LogP contribution in [0.1, 0.15) is 46.2 Å². The van der Waals surface area contributed by atoms with E-state index in [0.717, 1.165) is 19.3 Å². The Kier molecular flexibility index (Phi) is 6.05. The Labute approximate surface area is 157 Å². The lowest BCUT2D eigenvalue weighted by molar-refractivity contribution is 0.0701. The van der Waals surface area contributed by atoms with Gasteiger partial charge in [0.05, 0.1) is 11.8 Å². The van der Waals surface area contributed by atoms with Crippen LogP contribution in [0.3, 0.4) is 0 Å². The minimum atomic E-state index is -0.619. The summed E-state index contributed by atoms with van der Waals surface area (Å²) < 4.78 is 15.6. The van der Waals surface area contributed by atoms with Gasteiger partial charge in [-0.3, -0.25) is 0 Å². The molecule has 2 aromatic carbocycles. The third kappa shape index (κ3) is 5.07. The molecule has 0 aliphatic heterocycles. The molecular weight excluding hydrogens is 344 g/mol. The predicted octanol–water partition coefficient (Wildman–Crippen LogP) is 5.06. The summed E-state index contributed by atoms with van der Waals surface area (Å²) in [5, 5.41) is 0. The Morgan fingerprint density at radius 3 is 2.22 bits per heavy atom. The largest absolute Gasteiger partial charge is 0.457 e. The first kappa shape index (κ1) is 18.5.